The van der Waals surface area contributed by atoms with Crippen molar-refractivity contribution in [3.63, 3.8) is 0 Å². The summed E-state index contributed by atoms with van der Waals surface area (Å²) < 4.78 is 0. The number of hydrogen-bond donors (Lipinski definition) is 2. The molecule has 0 saturated heterocycles. The first kappa shape index (κ1) is 12.5. The number of nitrogen functional groups attached to an aromatic ring is 1. The summed E-state index contributed by atoms with van der Waals surface area (Å²) >= 11 is 1.81. The third-order valence-corrected chi connectivity index (χ3v) is 6.18. The van der Waals surface area contributed by atoms with Crippen molar-refractivity contribution in [3.05, 3.63) is 16.8 Å². The molecular weight excluding hydrogens is 268 g/mol. The zero-order valence-corrected chi connectivity index (χ0v) is 12.3. The predicted molar refractivity (Wildman–Crippen MR) is 82.8 cm³/mol. The number of nitrogens with two attached hydrogens (primary N) is 2. The van der Waals surface area contributed by atoms with Gasteiger partial charge in [0, 0.05) is 10.9 Å². The van der Waals surface area contributed by atoms with E-state index < -0.39 is 0 Å². The average Bonchev–Trinajstić information content (AvgIpc) is 2.97. The third-order valence-electron chi connectivity index (χ3n) is 5.01. The minimum Gasteiger partial charge on any atom is -0.383 e. The van der Waals surface area contributed by atoms with Crippen LogP contribution in [0.15, 0.2) is 6.33 Å². The molecule has 1 saturated carbocycles. The maximum absolute atomic E-state index is 6.18. The molecule has 0 amide bonds. The topological polar surface area (TPSA) is 77.8 Å². The van der Waals surface area contributed by atoms with Gasteiger partial charge in [-0.25, -0.2) is 9.97 Å². The Balaban J connectivity index is 1.78. The Bertz CT molecular complexity index is 651. The van der Waals surface area contributed by atoms with Crippen LogP contribution in [0.3, 0.4) is 0 Å². The van der Waals surface area contributed by atoms with E-state index in [1.54, 1.807) is 17.7 Å². The molecular formula is C15H20N4S. The van der Waals surface area contributed by atoms with Crippen LogP contribution in [0.5, 0.6) is 0 Å². The molecule has 5 heteroatoms. The smallest absolute Gasteiger partial charge is 0.135 e. The van der Waals surface area contributed by atoms with Gasteiger partial charge in [-0.1, -0.05) is 6.42 Å². The van der Waals surface area contributed by atoms with Crippen molar-refractivity contribution in [2.24, 2.45) is 11.7 Å². The van der Waals surface area contributed by atoms with Crippen LogP contribution in [0.2, 0.25) is 0 Å². The maximum Gasteiger partial charge on any atom is 0.135 e. The monoisotopic (exact) mass is 288 g/mol. The van der Waals surface area contributed by atoms with E-state index in [-0.39, 0.29) is 0 Å². The minimum absolute atomic E-state index is 0.385. The highest BCUT2D eigenvalue weighted by atomic mass is 32.1. The molecule has 2 aliphatic carbocycles. The number of thiophene rings is 1. The van der Waals surface area contributed by atoms with Crippen molar-refractivity contribution >= 4 is 27.4 Å². The normalized spacial score (nSPS) is 29.8. The molecule has 2 aliphatic rings. The van der Waals surface area contributed by atoms with Gasteiger partial charge in [0.1, 0.15) is 17.0 Å². The summed E-state index contributed by atoms with van der Waals surface area (Å²) in [5.41, 5.74) is 13.8. The Labute approximate surface area is 122 Å². The lowest BCUT2D eigenvalue weighted by atomic mass is 9.75. The first-order valence-electron chi connectivity index (χ1n) is 7.51. The first-order valence-corrected chi connectivity index (χ1v) is 8.33. The minimum atomic E-state index is 0.385. The number of fused-ring (bicyclic) bond motifs is 3. The predicted octanol–water partition coefficient (Wildman–Crippen LogP) is 2.82. The van der Waals surface area contributed by atoms with E-state index in [1.165, 1.54) is 42.5 Å². The van der Waals surface area contributed by atoms with Gasteiger partial charge in [0.25, 0.3) is 0 Å². The van der Waals surface area contributed by atoms with Crippen LogP contribution < -0.4 is 11.5 Å². The Morgan fingerprint density at radius 3 is 2.95 bits per heavy atom. The SMILES string of the molecule is Nc1ncnc2sc3c(c12)C(C1CCC[C@H](N)C1)CC3. The van der Waals surface area contributed by atoms with Crippen LogP contribution in [0, 0.1) is 5.92 Å². The second-order valence-electron chi connectivity index (χ2n) is 6.21. The van der Waals surface area contributed by atoms with Gasteiger partial charge in [0.2, 0.25) is 0 Å². The number of aromatic nitrogens is 2. The molecule has 4 rings (SSSR count). The lowest BCUT2D eigenvalue weighted by Crippen LogP contribution is -2.30. The van der Waals surface area contributed by atoms with Crippen LogP contribution in [-0.2, 0) is 6.42 Å². The fourth-order valence-corrected chi connectivity index (χ4v) is 5.37. The summed E-state index contributed by atoms with van der Waals surface area (Å²) in [4.78, 5) is 11.1. The molecule has 2 heterocycles. The van der Waals surface area contributed by atoms with Crippen molar-refractivity contribution in [2.75, 3.05) is 5.73 Å². The van der Waals surface area contributed by atoms with E-state index in [1.807, 2.05) is 0 Å². The van der Waals surface area contributed by atoms with Gasteiger partial charge in [-0.2, -0.15) is 0 Å². The van der Waals surface area contributed by atoms with Crippen molar-refractivity contribution in [2.45, 2.75) is 50.5 Å². The number of aryl methyl sites for hydroxylation is 1. The molecule has 2 unspecified atom stereocenters. The first-order chi connectivity index (χ1) is 9.74. The van der Waals surface area contributed by atoms with Crippen molar-refractivity contribution in [3.8, 4) is 0 Å². The molecule has 106 valence electrons. The standard InChI is InChI=1S/C15H20N4S/c16-9-3-1-2-8(6-9)10-4-5-11-12(10)13-14(17)18-7-19-15(13)20-11/h7-10H,1-6,16H2,(H2,17,18,19)/t8?,9-,10?/m0/s1. The Morgan fingerprint density at radius 1 is 1.20 bits per heavy atom. The average molecular weight is 288 g/mol. The molecule has 0 aromatic carbocycles. The van der Waals surface area contributed by atoms with Crippen LogP contribution in [0.4, 0.5) is 5.82 Å². The van der Waals surface area contributed by atoms with E-state index in [9.17, 15) is 0 Å². The fourth-order valence-electron chi connectivity index (χ4n) is 4.14. The number of rotatable bonds is 1. The molecule has 0 aliphatic heterocycles. The second-order valence-corrected chi connectivity index (χ2v) is 7.29. The molecule has 2 aromatic rings. The van der Waals surface area contributed by atoms with Gasteiger partial charge in [0.15, 0.2) is 0 Å². The van der Waals surface area contributed by atoms with Crippen LogP contribution in [-0.4, -0.2) is 16.0 Å². The van der Waals surface area contributed by atoms with E-state index in [2.05, 4.69) is 9.97 Å². The van der Waals surface area contributed by atoms with Crippen molar-refractivity contribution in [1.29, 1.82) is 0 Å². The van der Waals surface area contributed by atoms with Crippen molar-refractivity contribution in [1.82, 2.24) is 9.97 Å². The zero-order chi connectivity index (χ0) is 13.7. The summed E-state index contributed by atoms with van der Waals surface area (Å²) in [6.07, 6.45) is 8.93. The van der Waals surface area contributed by atoms with Gasteiger partial charge in [-0.15, -0.1) is 11.3 Å². The largest absolute Gasteiger partial charge is 0.383 e. The zero-order valence-electron chi connectivity index (χ0n) is 11.5. The Hall–Kier alpha value is -1.20. The van der Waals surface area contributed by atoms with E-state index in [4.69, 9.17) is 11.5 Å². The van der Waals surface area contributed by atoms with Crippen LogP contribution in [0.1, 0.15) is 48.5 Å². The molecule has 20 heavy (non-hydrogen) atoms. The highest BCUT2D eigenvalue weighted by Gasteiger charge is 2.36. The molecule has 2 aromatic heterocycles. The molecule has 0 bridgehead atoms. The summed E-state index contributed by atoms with van der Waals surface area (Å²) in [5.74, 6) is 2.00. The van der Waals surface area contributed by atoms with Gasteiger partial charge in [0.05, 0.1) is 5.39 Å². The van der Waals surface area contributed by atoms with Gasteiger partial charge in [-0.3, -0.25) is 0 Å². The lowest BCUT2D eigenvalue weighted by Gasteiger charge is -2.31. The van der Waals surface area contributed by atoms with E-state index in [0.717, 1.165) is 22.6 Å². The quantitative estimate of drug-likeness (QED) is 0.846. The second kappa shape index (κ2) is 4.67. The Morgan fingerprint density at radius 2 is 2.10 bits per heavy atom. The lowest BCUT2D eigenvalue weighted by molar-refractivity contribution is 0.277. The Kier molecular flexibility index (Phi) is 2.93. The van der Waals surface area contributed by atoms with Gasteiger partial charge in [-0.05, 0) is 49.5 Å². The maximum atomic E-state index is 6.18. The third kappa shape index (κ3) is 1.84. The summed E-state index contributed by atoms with van der Waals surface area (Å²) in [6, 6.07) is 0.385. The highest BCUT2D eigenvalue weighted by molar-refractivity contribution is 7.19. The van der Waals surface area contributed by atoms with Crippen LogP contribution in [0.25, 0.3) is 10.2 Å². The van der Waals surface area contributed by atoms with Gasteiger partial charge >= 0.3 is 0 Å². The van der Waals surface area contributed by atoms with E-state index in [0.29, 0.717) is 17.8 Å². The summed E-state index contributed by atoms with van der Waals surface area (Å²) in [6.45, 7) is 0. The molecule has 3 atom stereocenters. The number of hydrogen-bond acceptors (Lipinski definition) is 5. The molecule has 1 fully saturated rings. The molecule has 4 N–H and O–H groups in total. The number of anilines is 1. The van der Waals surface area contributed by atoms with Crippen LogP contribution >= 0.6 is 11.3 Å². The molecule has 4 nitrogen and oxygen atoms in total. The number of nitrogens with zero attached hydrogens (tertiary/aromatic N) is 2. The fraction of sp³-hybridized carbons (Fsp3) is 0.600. The van der Waals surface area contributed by atoms with Gasteiger partial charge < -0.3 is 11.5 Å². The summed E-state index contributed by atoms with van der Waals surface area (Å²) in [5, 5.41) is 1.13. The van der Waals surface area contributed by atoms with Crippen molar-refractivity contribution < 1.29 is 0 Å². The highest BCUT2D eigenvalue weighted by Crippen LogP contribution is 2.50. The van der Waals surface area contributed by atoms with E-state index >= 15 is 0 Å². The summed E-state index contributed by atoms with van der Waals surface area (Å²) in [7, 11) is 0. The molecule has 0 radical (unpaired) electrons. The molecule has 0 spiro atoms.